The van der Waals surface area contributed by atoms with Crippen LogP contribution in [0.15, 0.2) is 14.5 Å². The van der Waals surface area contributed by atoms with Gasteiger partial charge in [0, 0.05) is 19.0 Å². The smallest absolute Gasteiger partial charge is 0.252 e. The van der Waals surface area contributed by atoms with E-state index in [1.54, 1.807) is 13.8 Å². The minimum atomic E-state index is -3.66. The zero-order valence-corrected chi connectivity index (χ0v) is 14.5. The Labute approximate surface area is 140 Å². The predicted octanol–water partition coefficient (Wildman–Crippen LogP) is 0.958. The topological polar surface area (TPSA) is 105 Å². The minimum Gasteiger partial charge on any atom is -0.360 e. The maximum Gasteiger partial charge on any atom is 0.252 e. The molecule has 2 aliphatic heterocycles. The first-order valence-corrected chi connectivity index (χ1v) is 9.62. The molecule has 3 heterocycles. The molecule has 0 atom stereocenters. The van der Waals surface area contributed by atoms with E-state index >= 15 is 0 Å². The third-order valence-corrected chi connectivity index (χ3v) is 7.45. The molecule has 2 fully saturated rings. The van der Waals surface area contributed by atoms with Crippen LogP contribution in [0.4, 0.5) is 0 Å². The molecule has 1 saturated carbocycles. The molecule has 0 aromatic carbocycles. The molecule has 1 aliphatic carbocycles. The Hall–Kier alpha value is -1.74. The second-order valence-corrected chi connectivity index (χ2v) is 8.73. The Morgan fingerprint density at radius 2 is 1.92 bits per heavy atom. The normalized spacial score (nSPS) is 24.2. The summed E-state index contributed by atoms with van der Waals surface area (Å²) in [4.78, 5) is 12.5. The summed E-state index contributed by atoms with van der Waals surface area (Å²) in [7, 11) is -3.66. The molecule has 4 rings (SSSR count). The fraction of sp³-hybridized carbons (Fsp3) is 0.667. The zero-order chi connectivity index (χ0) is 17.1. The van der Waals surface area contributed by atoms with Crippen LogP contribution in [-0.4, -0.2) is 42.6 Å². The van der Waals surface area contributed by atoms with Gasteiger partial charge in [-0.25, -0.2) is 13.8 Å². The van der Waals surface area contributed by atoms with Gasteiger partial charge >= 0.3 is 0 Å². The van der Waals surface area contributed by atoms with Crippen molar-refractivity contribution < 1.29 is 17.7 Å². The predicted molar refractivity (Wildman–Crippen MR) is 84.7 cm³/mol. The molecule has 1 aromatic heterocycles. The largest absolute Gasteiger partial charge is 0.360 e. The molecule has 130 valence electrons. The number of piperidine rings is 1. The van der Waals surface area contributed by atoms with Gasteiger partial charge in [-0.15, -0.1) is 0 Å². The van der Waals surface area contributed by atoms with Crippen LogP contribution in [0.25, 0.3) is 0 Å². The Kier molecular flexibility index (Phi) is 3.37. The molecule has 24 heavy (non-hydrogen) atoms. The summed E-state index contributed by atoms with van der Waals surface area (Å²) < 4.78 is 32.2. The molecule has 1 spiro atoms. The van der Waals surface area contributed by atoms with E-state index in [1.807, 2.05) is 0 Å². The highest BCUT2D eigenvalue weighted by atomic mass is 32.2. The lowest BCUT2D eigenvalue weighted by molar-refractivity contribution is -0.127. The van der Waals surface area contributed by atoms with Gasteiger partial charge in [0.15, 0.2) is 5.76 Å². The Morgan fingerprint density at radius 3 is 2.46 bits per heavy atom. The lowest BCUT2D eigenvalue weighted by Crippen LogP contribution is -2.50. The molecule has 9 heteroatoms. The lowest BCUT2D eigenvalue weighted by Gasteiger charge is -2.37. The first-order chi connectivity index (χ1) is 11.4. The van der Waals surface area contributed by atoms with Crippen LogP contribution >= 0.6 is 0 Å². The Bertz CT molecular complexity index is 810. The monoisotopic (exact) mass is 352 g/mol. The van der Waals surface area contributed by atoms with Crippen molar-refractivity contribution in [3.05, 3.63) is 11.5 Å². The summed E-state index contributed by atoms with van der Waals surface area (Å²) in [5, 5.41) is 7.98. The van der Waals surface area contributed by atoms with Gasteiger partial charge in [0.25, 0.3) is 5.91 Å². The van der Waals surface area contributed by atoms with E-state index in [1.165, 1.54) is 4.31 Å². The highest BCUT2D eigenvalue weighted by Crippen LogP contribution is 2.46. The van der Waals surface area contributed by atoms with Crippen LogP contribution in [0.3, 0.4) is 0 Å². The second-order valence-electron chi connectivity index (χ2n) is 6.85. The van der Waals surface area contributed by atoms with E-state index < -0.39 is 15.4 Å². The molecule has 0 radical (unpaired) electrons. The molecule has 0 unspecified atom stereocenters. The number of rotatable bonds is 3. The maximum absolute atomic E-state index is 12.9. The van der Waals surface area contributed by atoms with Crippen molar-refractivity contribution in [2.24, 2.45) is 16.4 Å². The third-order valence-electron chi connectivity index (χ3n) is 5.31. The molecular formula is C15H20N4O4S. The summed E-state index contributed by atoms with van der Waals surface area (Å²) in [5.41, 5.74) is 3.29. The van der Waals surface area contributed by atoms with Crippen LogP contribution in [0.2, 0.25) is 0 Å². The molecule has 1 saturated heterocycles. The summed E-state index contributed by atoms with van der Waals surface area (Å²) >= 11 is 0. The van der Waals surface area contributed by atoms with Gasteiger partial charge in [-0.05, 0) is 39.5 Å². The van der Waals surface area contributed by atoms with Crippen molar-refractivity contribution in [2.45, 2.75) is 44.4 Å². The highest BCUT2D eigenvalue weighted by molar-refractivity contribution is 7.89. The first kappa shape index (κ1) is 15.8. The number of hydrogen-bond acceptors (Lipinski definition) is 6. The first-order valence-electron chi connectivity index (χ1n) is 8.18. The molecular weight excluding hydrogens is 332 g/mol. The van der Waals surface area contributed by atoms with Crippen molar-refractivity contribution >= 4 is 21.6 Å². The second kappa shape index (κ2) is 5.13. The SMILES string of the molecule is Cc1noc(C)c1S(=O)(=O)N1CCC2(CC1)C(=O)NN=C2C1CC1. The Morgan fingerprint density at radius 1 is 1.25 bits per heavy atom. The highest BCUT2D eigenvalue weighted by Gasteiger charge is 2.54. The number of carbonyl (C=O) groups is 1. The van der Waals surface area contributed by atoms with Gasteiger partial charge in [-0.3, -0.25) is 4.79 Å². The molecule has 0 bridgehead atoms. The van der Waals surface area contributed by atoms with Crippen LogP contribution in [0.5, 0.6) is 0 Å². The minimum absolute atomic E-state index is 0.0845. The van der Waals surface area contributed by atoms with Crippen LogP contribution < -0.4 is 5.43 Å². The fourth-order valence-corrected chi connectivity index (χ4v) is 5.58. The van der Waals surface area contributed by atoms with Gasteiger partial charge in [-0.1, -0.05) is 5.16 Å². The van der Waals surface area contributed by atoms with Crippen molar-refractivity contribution in [3.63, 3.8) is 0 Å². The summed E-state index contributed by atoms with van der Waals surface area (Å²) in [6.45, 7) is 3.81. The lowest BCUT2D eigenvalue weighted by atomic mass is 9.73. The average Bonchev–Trinajstić information content (AvgIpc) is 3.26. The summed E-state index contributed by atoms with van der Waals surface area (Å²) in [6.07, 6.45) is 3.07. The molecule has 8 nitrogen and oxygen atoms in total. The number of carbonyl (C=O) groups excluding carboxylic acids is 1. The van der Waals surface area contributed by atoms with E-state index in [2.05, 4.69) is 15.7 Å². The third kappa shape index (κ3) is 2.14. The van der Waals surface area contributed by atoms with Crippen molar-refractivity contribution in [2.75, 3.05) is 13.1 Å². The summed E-state index contributed by atoms with van der Waals surface area (Å²) in [5.74, 6) is 0.597. The maximum atomic E-state index is 12.9. The number of nitrogens with one attached hydrogen (secondary N) is 1. The van der Waals surface area contributed by atoms with Gasteiger partial charge in [0.1, 0.15) is 10.6 Å². The van der Waals surface area contributed by atoms with E-state index in [4.69, 9.17) is 4.52 Å². The molecule has 1 aromatic rings. The van der Waals surface area contributed by atoms with Gasteiger partial charge < -0.3 is 4.52 Å². The van der Waals surface area contributed by atoms with Crippen LogP contribution in [-0.2, 0) is 14.8 Å². The number of hydrazone groups is 1. The van der Waals surface area contributed by atoms with Gasteiger partial charge in [0.2, 0.25) is 10.0 Å². The van der Waals surface area contributed by atoms with Crippen molar-refractivity contribution in [1.82, 2.24) is 14.9 Å². The summed E-state index contributed by atoms with van der Waals surface area (Å²) in [6, 6.07) is 0. The molecule has 1 N–H and O–H groups in total. The van der Waals surface area contributed by atoms with E-state index in [0.717, 1.165) is 18.6 Å². The number of aromatic nitrogens is 1. The molecule has 3 aliphatic rings. The number of sulfonamides is 1. The van der Waals surface area contributed by atoms with Gasteiger partial charge in [-0.2, -0.15) is 9.41 Å². The number of hydrogen-bond donors (Lipinski definition) is 1. The van der Waals surface area contributed by atoms with E-state index in [9.17, 15) is 13.2 Å². The van der Waals surface area contributed by atoms with Crippen molar-refractivity contribution in [1.29, 1.82) is 0 Å². The molecule has 1 amide bonds. The standard InChI is InChI=1S/C15H20N4O4S/c1-9-12(10(2)23-18-9)24(21,22)19-7-5-15(6-8-19)13(11-3-4-11)16-17-14(15)20/h11H,3-8H2,1-2H3,(H,17,20). The number of amides is 1. The van der Waals surface area contributed by atoms with Gasteiger partial charge in [0.05, 0.1) is 11.1 Å². The number of nitrogens with zero attached hydrogens (tertiary/aromatic N) is 3. The zero-order valence-electron chi connectivity index (χ0n) is 13.7. The Balaban J connectivity index is 1.58. The quantitative estimate of drug-likeness (QED) is 0.872. The number of aryl methyl sites for hydroxylation is 2. The van der Waals surface area contributed by atoms with E-state index in [0.29, 0.717) is 43.3 Å². The average molecular weight is 352 g/mol. The fourth-order valence-electron chi connectivity index (χ4n) is 3.84. The van der Waals surface area contributed by atoms with Crippen molar-refractivity contribution in [3.8, 4) is 0 Å². The van der Waals surface area contributed by atoms with Crippen LogP contribution in [0.1, 0.15) is 37.1 Å². The van der Waals surface area contributed by atoms with Crippen LogP contribution in [0, 0.1) is 25.2 Å². The van der Waals surface area contributed by atoms with E-state index in [-0.39, 0.29) is 10.8 Å².